The maximum absolute atomic E-state index is 11.3. The summed E-state index contributed by atoms with van der Waals surface area (Å²) in [6.45, 7) is 6.37. The van der Waals surface area contributed by atoms with E-state index in [2.05, 4.69) is 6.92 Å². The third kappa shape index (κ3) is 2.62. The number of allylic oxidation sites excluding steroid dienone is 2. The van der Waals surface area contributed by atoms with E-state index in [9.17, 15) is 4.79 Å². The molecule has 0 saturated carbocycles. The van der Waals surface area contributed by atoms with E-state index in [-0.39, 0.29) is 5.97 Å². The molecule has 0 bridgehead atoms. The minimum absolute atomic E-state index is 0.195. The summed E-state index contributed by atoms with van der Waals surface area (Å²) in [4.78, 5) is 12.0. The first kappa shape index (κ1) is 10.4. The van der Waals surface area contributed by atoms with E-state index in [1.807, 2.05) is 19.9 Å². The molecule has 3 heteroatoms. The zero-order chi connectivity index (χ0) is 9.84. The molecule has 0 fully saturated rings. The molecule has 0 amide bonds. The van der Waals surface area contributed by atoms with Crippen molar-refractivity contribution in [2.75, 3.05) is 12.4 Å². The van der Waals surface area contributed by atoms with Crippen molar-refractivity contribution in [1.29, 1.82) is 0 Å². The molecule has 1 aliphatic heterocycles. The van der Waals surface area contributed by atoms with Gasteiger partial charge in [0.25, 0.3) is 0 Å². The number of thioether (sulfide) groups is 1. The van der Waals surface area contributed by atoms with Crippen LogP contribution in [0.1, 0.15) is 20.8 Å². The second kappa shape index (κ2) is 4.51. The van der Waals surface area contributed by atoms with Crippen molar-refractivity contribution in [3.63, 3.8) is 0 Å². The van der Waals surface area contributed by atoms with Crippen molar-refractivity contribution in [2.24, 2.45) is 0 Å². The third-order valence-corrected chi connectivity index (χ3v) is 3.11. The summed E-state index contributed by atoms with van der Waals surface area (Å²) in [5, 5.41) is 0. The average Bonchev–Trinajstić information content (AvgIpc) is 2.10. The summed E-state index contributed by atoms with van der Waals surface area (Å²) >= 11 is 1.55. The number of ether oxygens (including phenoxy) is 1. The first-order valence-corrected chi connectivity index (χ1v) is 5.31. The van der Waals surface area contributed by atoms with E-state index in [4.69, 9.17) is 4.74 Å². The van der Waals surface area contributed by atoms with Gasteiger partial charge in [-0.15, -0.1) is 11.8 Å². The highest BCUT2D eigenvalue weighted by Crippen LogP contribution is 2.28. The smallest absolute Gasteiger partial charge is 0.344 e. The molecule has 1 heterocycles. The van der Waals surface area contributed by atoms with Crippen LogP contribution in [0.25, 0.3) is 0 Å². The predicted octanol–water partition coefficient (Wildman–Crippen LogP) is 2.52. The lowest BCUT2D eigenvalue weighted by Gasteiger charge is -2.13. The molecule has 0 aromatic rings. The van der Waals surface area contributed by atoms with Crippen LogP contribution in [0.5, 0.6) is 0 Å². The van der Waals surface area contributed by atoms with Crippen molar-refractivity contribution in [3.8, 4) is 0 Å². The highest BCUT2D eigenvalue weighted by molar-refractivity contribution is 8.04. The maximum Gasteiger partial charge on any atom is 0.344 e. The summed E-state index contributed by atoms with van der Waals surface area (Å²) < 4.78 is 4.91. The van der Waals surface area contributed by atoms with Crippen molar-refractivity contribution < 1.29 is 9.53 Å². The standard InChI is InChI=1S/C10H14O2S/c1-4-12-10(11)9-5-7(2)8(3)6-13-9/h5H,4,6H2,1-3H3. The van der Waals surface area contributed by atoms with Gasteiger partial charge < -0.3 is 4.74 Å². The third-order valence-electron chi connectivity index (χ3n) is 1.94. The summed E-state index contributed by atoms with van der Waals surface area (Å²) in [6, 6.07) is 0. The highest BCUT2D eigenvalue weighted by atomic mass is 32.2. The molecule has 0 aromatic carbocycles. The minimum Gasteiger partial charge on any atom is -0.462 e. The Morgan fingerprint density at radius 2 is 2.31 bits per heavy atom. The Bertz CT molecular complexity index is 277. The van der Waals surface area contributed by atoms with Gasteiger partial charge in [0, 0.05) is 5.75 Å². The molecule has 2 nitrogen and oxygen atoms in total. The number of carbonyl (C=O) groups is 1. The molecule has 1 aliphatic rings. The quantitative estimate of drug-likeness (QED) is 0.638. The van der Waals surface area contributed by atoms with Crippen LogP contribution in [0.4, 0.5) is 0 Å². The van der Waals surface area contributed by atoms with Crippen LogP contribution in [0, 0.1) is 0 Å². The van der Waals surface area contributed by atoms with E-state index in [1.165, 1.54) is 11.1 Å². The van der Waals surface area contributed by atoms with Crippen LogP contribution >= 0.6 is 11.8 Å². The molecular formula is C10H14O2S. The van der Waals surface area contributed by atoms with Crippen molar-refractivity contribution >= 4 is 17.7 Å². The van der Waals surface area contributed by atoms with Crippen LogP contribution in [0.15, 0.2) is 22.1 Å². The fourth-order valence-corrected chi connectivity index (χ4v) is 2.02. The first-order chi connectivity index (χ1) is 6.15. The molecule has 0 saturated heterocycles. The number of carbonyl (C=O) groups excluding carboxylic acids is 1. The van der Waals surface area contributed by atoms with Gasteiger partial charge in [0.05, 0.1) is 11.5 Å². The predicted molar refractivity (Wildman–Crippen MR) is 55.5 cm³/mol. The molecule has 13 heavy (non-hydrogen) atoms. The van der Waals surface area contributed by atoms with Gasteiger partial charge >= 0.3 is 5.97 Å². The Balaban J connectivity index is 2.73. The van der Waals surface area contributed by atoms with Gasteiger partial charge in [0.15, 0.2) is 0 Å². The molecule has 0 aromatic heterocycles. The lowest BCUT2D eigenvalue weighted by Crippen LogP contribution is -2.08. The Morgan fingerprint density at radius 1 is 1.62 bits per heavy atom. The lowest BCUT2D eigenvalue weighted by molar-refractivity contribution is -0.137. The Hall–Kier alpha value is -0.700. The Morgan fingerprint density at radius 3 is 2.85 bits per heavy atom. The molecule has 0 aliphatic carbocycles. The monoisotopic (exact) mass is 198 g/mol. The van der Waals surface area contributed by atoms with Crippen LogP contribution in [0.3, 0.4) is 0 Å². The van der Waals surface area contributed by atoms with Crippen molar-refractivity contribution in [3.05, 3.63) is 22.1 Å². The summed E-state index contributed by atoms with van der Waals surface area (Å²) in [5.41, 5.74) is 2.51. The fraction of sp³-hybridized carbons (Fsp3) is 0.500. The molecule has 1 rings (SSSR count). The normalized spacial score (nSPS) is 17.0. The summed E-state index contributed by atoms with van der Waals surface area (Å²) in [7, 11) is 0. The van der Waals surface area contributed by atoms with Gasteiger partial charge in [-0.25, -0.2) is 4.79 Å². The molecular weight excluding hydrogens is 184 g/mol. The van der Waals surface area contributed by atoms with E-state index >= 15 is 0 Å². The van der Waals surface area contributed by atoms with Gasteiger partial charge in [0.2, 0.25) is 0 Å². The lowest BCUT2D eigenvalue weighted by atomic mass is 10.1. The van der Waals surface area contributed by atoms with Crippen LogP contribution in [-0.4, -0.2) is 18.3 Å². The van der Waals surface area contributed by atoms with Gasteiger partial charge in [-0.05, 0) is 32.4 Å². The fourth-order valence-electron chi connectivity index (χ4n) is 0.981. The van der Waals surface area contributed by atoms with Gasteiger partial charge in [-0.3, -0.25) is 0 Å². The molecule has 0 atom stereocenters. The Labute approximate surface area is 83.0 Å². The van der Waals surface area contributed by atoms with Crippen molar-refractivity contribution in [2.45, 2.75) is 20.8 Å². The van der Waals surface area contributed by atoms with E-state index in [1.54, 1.807) is 11.8 Å². The molecule has 0 N–H and O–H groups in total. The number of rotatable bonds is 2. The first-order valence-electron chi connectivity index (χ1n) is 4.33. The summed E-state index contributed by atoms with van der Waals surface area (Å²) in [5.74, 6) is 0.704. The van der Waals surface area contributed by atoms with Crippen LogP contribution in [-0.2, 0) is 9.53 Å². The molecule has 72 valence electrons. The zero-order valence-corrected chi connectivity index (χ0v) is 9.03. The van der Waals surface area contributed by atoms with Gasteiger partial charge in [-0.1, -0.05) is 5.57 Å². The highest BCUT2D eigenvalue weighted by Gasteiger charge is 2.15. The second-order valence-electron chi connectivity index (χ2n) is 2.98. The summed E-state index contributed by atoms with van der Waals surface area (Å²) in [6.07, 6.45) is 1.90. The largest absolute Gasteiger partial charge is 0.462 e. The van der Waals surface area contributed by atoms with Crippen LogP contribution < -0.4 is 0 Å². The van der Waals surface area contributed by atoms with E-state index < -0.39 is 0 Å². The molecule has 0 radical (unpaired) electrons. The topological polar surface area (TPSA) is 26.3 Å². The molecule has 0 spiro atoms. The van der Waals surface area contributed by atoms with E-state index in [0.717, 1.165) is 10.7 Å². The maximum atomic E-state index is 11.3. The number of hydrogen-bond donors (Lipinski definition) is 0. The van der Waals surface area contributed by atoms with Gasteiger partial charge in [-0.2, -0.15) is 0 Å². The van der Waals surface area contributed by atoms with Crippen molar-refractivity contribution in [1.82, 2.24) is 0 Å². The van der Waals surface area contributed by atoms with Gasteiger partial charge in [0.1, 0.15) is 0 Å². The van der Waals surface area contributed by atoms with Crippen LogP contribution in [0.2, 0.25) is 0 Å². The number of hydrogen-bond acceptors (Lipinski definition) is 3. The SMILES string of the molecule is CCOC(=O)C1=CC(C)=C(C)CS1. The average molecular weight is 198 g/mol. The zero-order valence-electron chi connectivity index (χ0n) is 8.22. The number of esters is 1. The molecule has 0 unspecified atom stereocenters. The van der Waals surface area contributed by atoms with E-state index in [0.29, 0.717) is 6.61 Å². The minimum atomic E-state index is -0.195. The Kier molecular flexibility index (Phi) is 3.60. The second-order valence-corrected chi connectivity index (χ2v) is 4.00.